The molecule has 4 nitrogen and oxygen atoms in total. The fourth-order valence-corrected chi connectivity index (χ4v) is 2.09. The highest BCUT2D eigenvalue weighted by atomic mass is 79.9. The second kappa shape index (κ2) is 4.93. The lowest BCUT2D eigenvalue weighted by atomic mass is 10.4. The van der Waals surface area contributed by atoms with Crippen LogP contribution in [0.25, 0.3) is 11.2 Å². The number of hydrogen-bond acceptors (Lipinski definition) is 3. The molecular weight excluding hydrogens is 270 g/mol. The molecule has 0 radical (unpaired) electrons. The van der Waals surface area contributed by atoms with Crippen LogP contribution in [0.1, 0.15) is 19.2 Å². The molecule has 0 aliphatic rings. The van der Waals surface area contributed by atoms with Crippen LogP contribution in [0.5, 0.6) is 0 Å². The van der Waals surface area contributed by atoms with Gasteiger partial charge in [-0.1, -0.05) is 6.92 Å². The predicted octanol–water partition coefficient (Wildman–Crippen LogP) is 2.14. The van der Waals surface area contributed by atoms with E-state index in [9.17, 15) is 0 Å². The normalized spacial score (nSPS) is 11.2. The summed E-state index contributed by atoms with van der Waals surface area (Å²) in [6, 6.07) is 1.97. The molecule has 2 rings (SSSR count). The summed E-state index contributed by atoms with van der Waals surface area (Å²) in [5.74, 6) is 1.02. The van der Waals surface area contributed by atoms with E-state index >= 15 is 0 Å². The van der Waals surface area contributed by atoms with Crippen LogP contribution >= 0.6 is 15.9 Å². The number of aliphatic hydroxyl groups excluding tert-OH is 1. The molecule has 0 fully saturated rings. The molecule has 0 bridgehead atoms. The Balaban J connectivity index is 2.50. The Bertz CT molecular complexity index is 495. The summed E-state index contributed by atoms with van der Waals surface area (Å²) in [5.41, 5.74) is 1.80. The first-order valence-corrected chi connectivity index (χ1v) is 6.17. The SMILES string of the molecule is CCc1nc2cc(Br)cnc2n1CCCO. The molecule has 0 saturated heterocycles. The molecule has 16 heavy (non-hydrogen) atoms. The van der Waals surface area contributed by atoms with Crippen molar-refractivity contribution in [3.05, 3.63) is 22.6 Å². The van der Waals surface area contributed by atoms with Gasteiger partial charge in [0.1, 0.15) is 11.3 Å². The fraction of sp³-hybridized carbons (Fsp3) is 0.455. The topological polar surface area (TPSA) is 50.9 Å². The Hall–Kier alpha value is -0.940. The van der Waals surface area contributed by atoms with E-state index in [0.29, 0.717) is 0 Å². The van der Waals surface area contributed by atoms with Crippen molar-refractivity contribution in [3.63, 3.8) is 0 Å². The maximum Gasteiger partial charge on any atom is 0.160 e. The van der Waals surface area contributed by atoms with Crippen LogP contribution in [0.3, 0.4) is 0 Å². The molecule has 0 saturated carbocycles. The molecule has 2 heterocycles. The number of hydrogen-bond donors (Lipinski definition) is 1. The van der Waals surface area contributed by atoms with Crippen molar-refractivity contribution in [3.8, 4) is 0 Å². The van der Waals surface area contributed by atoms with Crippen LogP contribution in [0.2, 0.25) is 0 Å². The number of fused-ring (bicyclic) bond motifs is 1. The van der Waals surface area contributed by atoms with E-state index in [4.69, 9.17) is 5.11 Å². The minimum Gasteiger partial charge on any atom is -0.396 e. The molecule has 0 spiro atoms. The molecule has 0 unspecified atom stereocenters. The molecule has 0 aliphatic heterocycles. The monoisotopic (exact) mass is 283 g/mol. The zero-order valence-electron chi connectivity index (χ0n) is 9.15. The number of aromatic nitrogens is 3. The lowest BCUT2D eigenvalue weighted by Crippen LogP contribution is -2.05. The minimum absolute atomic E-state index is 0.194. The number of pyridine rings is 1. The van der Waals surface area contributed by atoms with E-state index in [1.165, 1.54) is 0 Å². The van der Waals surface area contributed by atoms with Crippen LogP contribution in [-0.4, -0.2) is 26.2 Å². The van der Waals surface area contributed by atoms with Crippen molar-refractivity contribution in [1.29, 1.82) is 0 Å². The van der Waals surface area contributed by atoms with Gasteiger partial charge in [-0.15, -0.1) is 0 Å². The van der Waals surface area contributed by atoms with E-state index in [2.05, 4.69) is 37.4 Å². The van der Waals surface area contributed by atoms with Crippen molar-refractivity contribution in [2.24, 2.45) is 0 Å². The van der Waals surface area contributed by atoms with Crippen molar-refractivity contribution in [2.45, 2.75) is 26.3 Å². The number of imidazole rings is 1. The van der Waals surface area contributed by atoms with Gasteiger partial charge in [-0.05, 0) is 28.4 Å². The maximum atomic E-state index is 8.88. The van der Waals surface area contributed by atoms with Crippen LogP contribution in [0.4, 0.5) is 0 Å². The van der Waals surface area contributed by atoms with Gasteiger partial charge in [0.25, 0.3) is 0 Å². The Kier molecular flexibility index (Phi) is 3.56. The highest BCUT2D eigenvalue weighted by molar-refractivity contribution is 9.10. The van der Waals surface area contributed by atoms with Crippen molar-refractivity contribution in [1.82, 2.24) is 14.5 Å². The molecular formula is C11H14BrN3O. The molecule has 1 N–H and O–H groups in total. The van der Waals surface area contributed by atoms with Gasteiger partial charge >= 0.3 is 0 Å². The van der Waals surface area contributed by atoms with Gasteiger partial charge in [-0.3, -0.25) is 0 Å². The van der Waals surface area contributed by atoms with Crippen molar-refractivity contribution < 1.29 is 5.11 Å². The largest absolute Gasteiger partial charge is 0.396 e. The highest BCUT2D eigenvalue weighted by Crippen LogP contribution is 2.19. The van der Waals surface area contributed by atoms with Gasteiger partial charge in [-0.2, -0.15) is 0 Å². The van der Waals surface area contributed by atoms with Crippen molar-refractivity contribution in [2.75, 3.05) is 6.61 Å². The molecule has 0 atom stereocenters. The summed E-state index contributed by atoms with van der Waals surface area (Å²) in [7, 11) is 0. The van der Waals surface area contributed by atoms with E-state index < -0.39 is 0 Å². The quantitative estimate of drug-likeness (QED) is 0.935. The molecule has 86 valence electrons. The van der Waals surface area contributed by atoms with Gasteiger partial charge in [-0.25, -0.2) is 9.97 Å². The first kappa shape index (κ1) is 11.5. The highest BCUT2D eigenvalue weighted by Gasteiger charge is 2.10. The molecule has 0 aromatic carbocycles. The zero-order valence-corrected chi connectivity index (χ0v) is 10.7. The van der Waals surface area contributed by atoms with E-state index in [1.54, 1.807) is 6.20 Å². The molecule has 2 aromatic rings. The second-order valence-electron chi connectivity index (χ2n) is 3.61. The van der Waals surface area contributed by atoms with Gasteiger partial charge in [0.2, 0.25) is 0 Å². The Morgan fingerprint density at radius 2 is 2.31 bits per heavy atom. The van der Waals surface area contributed by atoms with Crippen molar-refractivity contribution >= 4 is 27.1 Å². The first-order chi connectivity index (χ1) is 7.76. The smallest absolute Gasteiger partial charge is 0.160 e. The van der Waals surface area contributed by atoms with Crippen LogP contribution in [0, 0.1) is 0 Å². The Morgan fingerprint density at radius 1 is 1.50 bits per heavy atom. The third-order valence-corrected chi connectivity index (χ3v) is 2.92. The zero-order chi connectivity index (χ0) is 11.5. The predicted molar refractivity (Wildman–Crippen MR) is 66.3 cm³/mol. The molecule has 2 aromatic heterocycles. The molecule has 0 amide bonds. The van der Waals surface area contributed by atoms with Crippen LogP contribution in [0.15, 0.2) is 16.7 Å². The van der Waals surface area contributed by atoms with Gasteiger partial charge in [0, 0.05) is 30.2 Å². The van der Waals surface area contributed by atoms with Gasteiger partial charge < -0.3 is 9.67 Å². The Morgan fingerprint density at radius 3 is 3.00 bits per heavy atom. The van der Waals surface area contributed by atoms with Crippen LogP contribution in [-0.2, 0) is 13.0 Å². The summed E-state index contributed by atoms with van der Waals surface area (Å²) in [5, 5.41) is 8.88. The average Bonchev–Trinajstić information content (AvgIpc) is 2.63. The van der Waals surface area contributed by atoms with E-state index in [1.807, 2.05) is 6.07 Å². The average molecular weight is 284 g/mol. The standard InChI is InChI=1S/C11H14BrN3O/c1-2-10-14-9-6-8(12)7-13-11(9)15(10)4-3-5-16/h6-7,16H,2-5H2,1H3. The molecule has 5 heteroatoms. The number of nitrogens with zero attached hydrogens (tertiary/aromatic N) is 3. The van der Waals surface area contributed by atoms with E-state index in [0.717, 1.165) is 40.8 Å². The number of aryl methyl sites for hydroxylation is 2. The number of aliphatic hydroxyl groups is 1. The lowest BCUT2D eigenvalue weighted by molar-refractivity contribution is 0.279. The maximum absolute atomic E-state index is 8.88. The van der Waals surface area contributed by atoms with Gasteiger partial charge in [0.05, 0.1) is 0 Å². The summed E-state index contributed by atoms with van der Waals surface area (Å²) in [6.45, 7) is 3.04. The first-order valence-electron chi connectivity index (χ1n) is 5.37. The number of rotatable bonds is 4. The third-order valence-electron chi connectivity index (χ3n) is 2.49. The molecule has 0 aliphatic carbocycles. The summed E-state index contributed by atoms with van der Waals surface area (Å²) in [4.78, 5) is 8.91. The second-order valence-corrected chi connectivity index (χ2v) is 4.52. The fourth-order valence-electron chi connectivity index (χ4n) is 1.77. The summed E-state index contributed by atoms with van der Waals surface area (Å²) in [6.07, 6.45) is 3.38. The summed E-state index contributed by atoms with van der Waals surface area (Å²) >= 11 is 3.39. The minimum atomic E-state index is 0.194. The van der Waals surface area contributed by atoms with Crippen LogP contribution < -0.4 is 0 Å². The third kappa shape index (κ3) is 2.10. The number of halogens is 1. The van der Waals surface area contributed by atoms with E-state index in [-0.39, 0.29) is 6.61 Å². The Labute approximate surface area is 102 Å². The lowest BCUT2D eigenvalue weighted by Gasteiger charge is -2.05. The van der Waals surface area contributed by atoms with Gasteiger partial charge in [0.15, 0.2) is 5.65 Å². The summed E-state index contributed by atoms with van der Waals surface area (Å²) < 4.78 is 3.02.